The lowest BCUT2D eigenvalue weighted by atomic mass is 10.1. The lowest BCUT2D eigenvalue weighted by molar-refractivity contribution is -0.432. The average Bonchev–Trinajstić information content (AvgIpc) is 2.94. The van der Waals surface area contributed by atoms with E-state index >= 15 is 0 Å². The lowest BCUT2D eigenvalue weighted by Crippen LogP contribution is -2.04. The number of rotatable bonds is 11. The summed E-state index contributed by atoms with van der Waals surface area (Å²) in [6.45, 7) is 1.44. The molecule has 0 unspecified atom stereocenters. The Balaban J connectivity index is 1.62. The first-order valence-corrected chi connectivity index (χ1v) is 12.2. The molecule has 1 amide bonds. The monoisotopic (exact) mass is 553 g/mol. The first-order valence-electron chi connectivity index (χ1n) is 10.7. The maximum atomic E-state index is 11.2. The number of nitrogens with zero attached hydrogens (tertiary/aromatic N) is 4. The zero-order chi connectivity index (χ0) is 26.7. The Hall–Kier alpha value is -3.73. The highest BCUT2D eigenvalue weighted by Crippen LogP contribution is 2.38. The summed E-state index contributed by atoms with van der Waals surface area (Å²) in [5.74, 6) is -0.157. The molecule has 0 aromatic heterocycles. The van der Waals surface area contributed by atoms with Crippen LogP contribution in [0.5, 0.6) is 0 Å². The summed E-state index contributed by atoms with van der Waals surface area (Å²) in [5.41, 5.74) is 3.00. The molecule has 0 radical (unpaired) electrons. The van der Waals surface area contributed by atoms with Crippen LogP contribution in [-0.4, -0.2) is 16.4 Å². The Kier molecular flexibility index (Phi) is 9.85. The third-order valence-corrected chi connectivity index (χ3v) is 6.00. The number of fused-ring (bicyclic) bond motifs is 1. The molecule has 12 nitrogen and oxygen atoms in total. The summed E-state index contributed by atoms with van der Waals surface area (Å²) in [5, 5.41) is 45.6. The second-order valence-corrected chi connectivity index (χ2v) is 8.93. The van der Waals surface area contributed by atoms with Gasteiger partial charge in [0, 0.05) is 33.2 Å². The van der Waals surface area contributed by atoms with E-state index in [9.17, 15) is 4.79 Å². The molecule has 14 heteroatoms. The van der Waals surface area contributed by atoms with Gasteiger partial charge in [0.2, 0.25) is 5.91 Å². The van der Waals surface area contributed by atoms with Crippen molar-refractivity contribution >= 4 is 69.2 Å². The van der Waals surface area contributed by atoms with Crippen LogP contribution in [0.3, 0.4) is 0 Å². The SMILES string of the molecule is CC(=O)Nc1ccc(N=Nc2ccc(N=Nc3ccc(SOOO)cc3)c3cc(SOOO)ccc23)cc1. The predicted octanol–water partition coefficient (Wildman–Crippen LogP) is 8.49. The molecule has 0 spiro atoms. The first kappa shape index (κ1) is 27.3. The minimum absolute atomic E-state index is 0.157. The fourth-order valence-corrected chi connectivity index (χ4v) is 3.99. The summed E-state index contributed by atoms with van der Waals surface area (Å²) in [7, 11) is 0. The van der Waals surface area contributed by atoms with Crippen molar-refractivity contribution < 1.29 is 34.1 Å². The molecule has 0 saturated carbocycles. The van der Waals surface area contributed by atoms with Crippen LogP contribution in [0.4, 0.5) is 28.4 Å². The van der Waals surface area contributed by atoms with Crippen molar-refractivity contribution in [1.82, 2.24) is 0 Å². The summed E-state index contributed by atoms with van der Waals surface area (Å²) in [4.78, 5) is 12.5. The third-order valence-electron chi connectivity index (χ3n) is 4.83. The molecular formula is C24H19N5O7S2. The molecule has 0 aliphatic heterocycles. The molecule has 0 heterocycles. The van der Waals surface area contributed by atoms with Gasteiger partial charge in [0.05, 0.1) is 46.8 Å². The van der Waals surface area contributed by atoms with Gasteiger partial charge in [0.1, 0.15) is 0 Å². The van der Waals surface area contributed by atoms with Gasteiger partial charge in [-0.2, -0.15) is 10.2 Å². The molecule has 0 fully saturated rings. The number of hydrogen-bond acceptors (Lipinski definition) is 13. The molecule has 0 aliphatic carbocycles. The zero-order valence-corrected chi connectivity index (χ0v) is 21.2. The molecule has 3 N–H and O–H groups in total. The second kappa shape index (κ2) is 13.7. The van der Waals surface area contributed by atoms with Crippen molar-refractivity contribution in [3.05, 3.63) is 78.9 Å². The van der Waals surface area contributed by atoms with Crippen LogP contribution in [0.15, 0.2) is 109 Å². The Morgan fingerprint density at radius 2 is 1.21 bits per heavy atom. The Morgan fingerprint density at radius 3 is 1.79 bits per heavy atom. The summed E-state index contributed by atoms with van der Waals surface area (Å²) in [6, 6.07) is 22.8. The van der Waals surface area contributed by atoms with Gasteiger partial charge in [0.25, 0.3) is 0 Å². The van der Waals surface area contributed by atoms with Crippen molar-refractivity contribution in [2.75, 3.05) is 5.32 Å². The van der Waals surface area contributed by atoms with E-state index in [1.165, 1.54) is 6.92 Å². The minimum atomic E-state index is -0.157. The van der Waals surface area contributed by atoms with Crippen molar-refractivity contribution in [2.45, 2.75) is 16.7 Å². The molecule has 4 aromatic carbocycles. The highest BCUT2D eigenvalue weighted by molar-refractivity contribution is 7.94. The number of nitrogens with one attached hydrogen (secondary N) is 1. The van der Waals surface area contributed by atoms with Crippen LogP contribution in [0.2, 0.25) is 0 Å². The Bertz CT molecular complexity index is 1450. The van der Waals surface area contributed by atoms with Gasteiger partial charge in [-0.15, -0.1) is 18.9 Å². The fourth-order valence-electron chi connectivity index (χ4n) is 3.24. The standard InChI is InChI=1S/C24H19N5O7S2/c1-15(30)25-16-2-4-17(5-3-16)26-28-23-12-13-24(22-14-20(38-36-34-32)10-11-21(22)23)29-27-18-6-8-19(9-7-18)37-35-33-31/h2-14,31-32H,1H3,(H,25,30). The summed E-state index contributed by atoms with van der Waals surface area (Å²) in [6.07, 6.45) is 0. The van der Waals surface area contributed by atoms with E-state index < -0.39 is 0 Å². The van der Waals surface area contributed by atoms with E-state index in [1.807, 2.05) is 6.07 Å². The van der Waals surface area contributed by atoms with E-state index in [4.69, 9.17) is 10.5 Å². The average molecular weight is 554 g/mol. The van der Waals surface area contributed by atoms with Crippen molar-refractivity contribution in [3.63, 3.8) is 0 Å². The highest BCUT2D eigenvalue weighted by Gasteiger charge is 2.09. The number of azo groups is 2. The summed E-state index contributed by atoms with van der Waals surface area (Å²) >= 11 is 1.66. The minimum Gasteiger partial charge on any atom is -0.326 e. The highest BCUT2D eigenvalue weighted by atomic mass is 32.2. The van der Waals surface area contributed by atoms with Gasteiger partial charge in [-0.25, -0.2) is 10.5 Å². The van der Waals surface area contributed by atoms with E-state index in [-0.39, 0.29) is 5.91 Å². The van der Waals surface area contributed by atoms with Crippen LogP contribution in [0.1, 0.15) is 6.92 Å². The molecule has 0 saturated heterocycles. The summed E-state index contributed by atoms with van der Waals surface area (Å²) < 4.78 is 8.96. The molecule has 0 atom stereocenters. The van der Waals surface area contributed by atoms with E-state index in [1.54, 1.807) is 72.8 Å². The largest absolute Gasteiger partial charge is 0.326 e. The topological polar surface area (TPSA) is 156 Å². The number of benzene rings is 4. The van der Waals surface area contributed by atoms with Crippen molar-refractivity contribution in [2.24, 2.45) is 20.5 Å². The van der Waals surface area contributed by atoms with Gasteiger partial charge in [0.15, 0.2) is 0 Å². The Labute approximate surface area is 224 Å². The van der Waals surface area contributed by atoms with E-state index in [0.29, 0.717) is 43.6 Å². The second-order valence-electron chi connectivity index (χ2n) is 7.38. The maximum Gasteiger partial charge on any atom is 0.221 e. The molecule has 0 aliphatic rings. The number of hydrogen-bond donors (Lipinski definition) is 3. The quantitative estimate of drug-likeness (QED) is 0.0717. The molecular weight excluding hydrogens is 534 g/mol. The first-order chi connectivity index (χ1) is 18.6. The van der Waals surface area contributed by atoms with E-state index in [0.717, 1.165) is 29.5 Å². The van der Waals surface area contributed by atoms with Gasteiger partial charge in [-0.3, -0.25) is 4.79 Å². The number of carbonyl (C=O) groups is 1. The van der Waals surface area contributed by atoms with Crippen molar-refractivity contribution in [3.8, 4) is 0 Å². The van der Waals surface area contributed by atoms with Crippen LogP contribution < -0.4 is 5.32 Å². The van der Waals surface area contributed by atoms with Crippen LogP contribution >= 0.6 is 24.1 Å². The van der Waals surface area contributed by atoms with Gasteiger partial charge in [-0.05, 0) is 72.8 Å². The number of carbonyl (C=O) groups excluding carboxylic acids is 1. The predicted molar refractivity (Wildman–Crippen MR) is 141 cm³/mol. The van der Waals surface area contributed by atoms with Crippen molar-refractivity contribution in [1.29, 1.82) is 0 Å². The molecule has 4 rings (SSSR count). The smallest absolute Gasteiger partial charge is 0.221 e. The molecule has 4 aromatic rings. The normalized spacial score (nSPS) is 11.6. The van der Waals surface area contributed by atoms with Gasteiger partial charge in [-0.1, -0.05) is 16.1 Å². The zero-order valence-electron chi connectivity index (χ0n) is 19.5. The lowest BCUT2D eigenvalue weighted by Gasteiger charge is -2.07. The molecule has 194 valence electrons. The van der Waals surface area contributed by atoms with E-state index in [2.05, 4.69) is 44.5 Å². The van der Waals surface area contributed by atoms with Crippen LogP contribution in [0, 0.1) is 0 Å². The third kappa shape index (κ3) is 7.64. The van der Waals surface area contributed by atoms with Gasteiger partial charge < -0.3 is 5.32 Å². The fraction of sp³-hybridized carbons (Fsp3) is 0.0417. The molecule has 38 heavy (non-hydrogen) atoms. The number of anilines is 1. The van der Waals surface area contributed by atoms with Gasteiger partial charge >= 0.3 is 0 Å². The van der Waals surface area contributed by atoms with Crippen LogP contribution in [-0.2, 0) is 23.5 Å². The number of amides is 1. The maximum absolute atomic E-state index is 11.2. The molecule has 0 bridgehead atoms. The van der Waals surface area contributed by atoms with Crippen LogP contribution in [0.25, 0.3) is 10.8 Å². The Morgan fingerprint density at radius 1 is 0.684 bits per heavy atom.